The van der Waals surface area contributed by atoms with E-state index in [4.69, 9.17) is 4.74 Å². The Morgan fingerprint density at radius 3 is 2.60 bits per heavy atom. The third kappa shape index (κ3) is 5.85. The summed E-state index contributed by atoms with van der Waals surface area (Å²) >= 11 is 1.18. The molecule has 2 heterocycles. The van der Waals surface area contributed by atoms with E-state index in [2.05, 4.69) is 15.6 Å². The smallest absolute Gasteiger partial charge is 0.414 e. The summed E-state index contributed by atoms with van der Waals surface area (Å²) in [5.41, 5.74) is 1.02. The Kier molecular flexibility index (Phi) is 6.41. The average Bonchev–Trinajstić information content (AvgIpc) is 3.01. The van der Waals surface area contributed by atoms with Crippen molar-refractivity contribution < 1.29 is 19.1 Å². The van der Waals surface area contributed by atoms with E-state index in [1.54, 1.807) is 49.8 Å². The van der Waals surface area contributed by atoms with E-state index in [9.17, 15) is 14.4 Å². The third-order valence-corrected chi connectivity index (χ3v) is 3.67. The Morgan fingerprint density at radius 2 is 1.92 bits per heavy atom. The molecular weight excluding hydrogens is 342 g/mol. The number of thiophene rings is 1. The maximum atomic E-state index is 12.1. The highest BCUT2D eigenvalue weighted by Gasteiger charge is 2.17. The Balaban J connectivity index is 1.98. The molecule has 3 amide bonds. The maximum Gasteiger partial charge on any atom is 0.414 e. The van der Waals surface area contributed by atoms with Gasteiger partial charge in [0.25, 0.3) is 5.91 Å². The number of hydrogen-bond acceptors (Lipinski definition) is 6. The molecular formula is C17H17N3O4S. The summed E-state index contributed by atoms with van der Waals surface area (Å²) in [5, 5.41) is 6.73. The van der Waals surface area contributed by atoms with E-state index in [1.165, 1.54) is 23.5 Å². The lowest BCUT2D eigenvalue weighted by atomic mass is 10.2. The third-order valence-electron chi connectivity index (χ3n) is 2.84. The second kappa shape index (κ2) is 8.74. The van der Waals surface area contributed by atoms with Crippen molar-refractivity contribution in [3.63, 3.8) is 0 Å². The molecule has 2 rings (SSSR count). The highest BCUT2D eigenvalue weighted by molar-refractivity contribution is 7.14. The minimum atomic E-state index is -0.832. The molecule has 2 N–H and O–H groups in total. The predicted molar refractivity (Wildman–Crippen MR) is 95.3 cm³/mol. The quantitative estimate of drug-likeness (QED) is 0.800. The number of imide groups is 1. The monoisotopic (exact) mass is 359 g/mol. The van der Waals surface area contributed by atoms with Gasteiger partial charge in [-0.05, 0) is 49.1 Å². The van der Waals surface area contributed by atoms with E-state index < -0.39 is 17.9 Å². The van der Waals surface area contributed by atoms with Gasteiger partial charge in [0.05, 0.1) is 11.7 Å². The first kappa shape index (κ1) is 18.3. The van der Waals surface area contributed by atoms with Gasteiger partial charge in [0.1, 0.15) is 5.00 Å². The van der Waals surface area contributed by atoms with Crippen molar-refractivity contribution in [3.05, 3.63) is 53.2 Å². The van der Waals surface area contributed by atoms with Crippen molar-refractivity contribution in [1.29, 1.82) is 0 Å². The Bertz CT molecular complexity index is 784. The van der Waals surface area contributed by atoms with Crippen LogP contribution < -0.4 is 10.6 Å². The van der Waals surface area contributed by atoms with Gasteiger partial charge >= 0.3 is 6.09 Å². The fourth-order valence-corrected chi connectivity index (χ4v) is 2.58. The first-order valence-electron chi connectivity index (χ1n) is 7.44. The van der Waals surface area contributed by atoms with Gasteiger partial charge in [0.2, 0.25) is 5.91 Å². The van der Waals surface area contributed by atoms with Crippen molar-refractivity contribution in [2.45, 2.75) is 20.0 Å². The molecule has 0 aliphatic carbocycles. The normalized spacial score (nSPS) is 10.7. The second-order valence-corrected chi connectivity index (χ2v) is 6.09. The molecule has 25 heavy (non-hydrogen) atoms. The number of rotatable bonds is 5. The molecule has 0 unspecified atom stereocenters. The van der Waals surface area contributed by atoms with E-state index in [-0.39, 0.29) is 11.7 Å². The molecule has 0 saturated heterocycles. The van der Waals surface area contributed by atoms with Crippen LogP contribution in [-0.2, 0) is 9.53 Å². The lowest BCUT2D eigenvalue weighted by molar-refractivity contribution is -0.111. The van der Waals surface area contributed by atoms with Crippen molar-refractivity contribution in [3.8, 4) is 0 Å². The van der Waals surface area contributed by atoms with Crippen LogP contribution >= 0.6 is 11.3 Å². The van der Waals surface area contributed by atoms with Crippen LogP contribution in [0.3, 0.4) is 0 Å². The second-order valence-electron chi connectivity index (χ2n) is 5.17. The summed E-state index contributed by atoms with van der Waals surface area (Å²) in [4.78, 5) is 39.5. The molecule has 0 aliphatic rings. The molecule has 0 fully saturated rings. The average molecular weight is 359 g/mol. The number of amides is 3. The Labute approximate surface area is 148 Å². The van der Waals surface area contributed by atoms with Crippen LogP contribution in [0.1, 0.15) is 29.8 Å². The molecule has 8 heteroatoms. The van der Waals surface area contributed by atoms with Crippen LogP contribution in [0.15, 0.2) is 42.0 Å². The van der Waals surface area contributed by atoms with Gasteiger partial charge < -0.3 is 10.1 Å². The number of aromatic nitrogens is 1. The molecule has 0 spiro atoms. The maximum absolute atomic E-state index is 12.1. The first-order chi connectivity index (χ1) is 12.0. The predicted octanol–water partition coefficient (Wildman–Crippen LogP) is 3.07. The summed E-state index contributed by atoms with van der Waals surface area (Å²) in [6.45, 7) is 3.35. The summed E-state index contributed by atoms with van der Waals surface area (Å²) < 4.78 is 4.86. The summed E-state index contributed by atoms with van der Waals surface area (Å²) in [6, 6.07) is 5.03. The number of ether oxygens (including phenoxy) is 1. The number of nitrogens with zero attached hydrogens (tertiary/aromatic N) is 1. The van der Waals surface area contributed by atoms with Gasteiger partial charge in [-0.15, -0.1) is 11.3 Å². The number of anilines is 1. The van der Waals surface area contributed by atoms with Crippen LogP contribution in [0.2, 0.25) is 0 Å². The summed E-state index contributed by atoms with van der Waals surface area (Å²) in [5.74, 6) is -1.03. The molecule has 0 saturated carbocycles. The zero-order chi connectivity index (χ0) is 18.2. The largest absolute Gasteiger partial charge is 0.447 e. The van der Waals surface area contributed by atoms with E-state index in [1.807, 2.05) is 0 Å². The molecule has 0 atom stereocenters. The highest BCUT2D eigenvalue weighted by Crippen LogP contribution is 2.23. The molecule has 0 bridgehead atoms. The molecule has 2 aromatic rings. The van der Waals surface area contributed by atoms with Gasteiger partial charge in [0, 0.05) is 18.5 Å². The van der Waals surface area contributed by atoms with Crippen molar-refractivity contribution in [2.75, 3.05) is 5.32 Å². The Hall–Kier alpha value is -3.00. The van der Waals surface area contributed by atoms with Crippen molar-refractivity contribution in [2.24, 2.45) is 0 Å². The number of carbonyl (C=O) groups is 3. The number of hydrogen-bond donors (Lipinski definition) is 2. The fourth-order valence-electron chi connectivity index (χ4n) is 1.79. The fraction of sp³-hybridized carbons (Fsp3) is 0.176. The van der Waals surface area contributed by atoms with E-state index in [0.29, 0.717) is 5.00 Å². The molecule has 0 aliphatic heterocycles. The highest BCUT2D eigenvalue weighted by atomic mass is 32.1. The SMILES string of the molecule is CC(C)OC(=O)NC(=O)c1ccsc1NC(=O)/C=C/c1ccncc1. The van der Waals surface area contributed by atoms with Gasteiger partial charge in [-0.3, -0.25) is 19.9 Å². The minimum Gasteiger partial charge on any atom is -0.447 e. The van der Waals surface area contributed by atoms with Gasteiger partial charge in [-0.2, -0.15) is 0 Å². The zero-order valence-corrected chi connectivity index (χ0v) is 14.5. The molecule has 130 valence electrons. The van der Waals surface area contributed by atoms with Gasteiger partial charge in [0.15, 0.2) is 0 Å². The molecule has 7 nitrogen and oxygen atoms in total. The molecule has 0 radical (unpaired) electrons. The van der Waals surface area contributed by atoms with Crippen molar-refractivity contribution in [1.82, 2.24) is 10.3 Å². The van der Waals surface area contributed by atoms with Crippen LogP contribution in [0, 0.1) is 0 Å². The van der Waals surface area contributed by atoms with Crippen molar-refractivity contribution >= 4 is 40.3 Å². The van der Waals surface area contributed by atoms with Gasteiger partial charge in [-0.1, -0.05) is 0 Å². The summed E-state index contributed by atoms with van der Waals surface area (Å²) in [6.07, 6.45) is 5.05. The number of carbonyl (C=O) groups excluding carboxylic acids is 3. The van der Waals surface area contributed by atoms with E-state index in [0.717, 1.165) is 5.56 Å². The lowest BCUT2D eigenvalue weighted by Gasteiger charge is -2.09. The minimum absolute atomic E-state index is 0.191. The van der Waals surface area contributed by atoms with Crippen LogP contribution in [0.4, 0.5) is 9.80 Å². The van der Waals surface area contributed by atoms with E-state index >= 15 is 0 Å². The molecule has 0 aromatic carbocycles. The lowest BCUT2D eigenvalue weighted by Crippen LogP contribution is -2.32. The van der Waals surface area contributed by atoms with Crippen LogP contribution in [0.5, 0.6) is 0 Å². The summed E-state index contributed by atoms with van der Waals surface area (Å²) in [7, 11) is 0. The van der Waals surface area contributed by atoms with Crippen LogP contribution in [0.25, 0.3) is 6.08 Å². The number of alkyl carbamates (subject to hydrolysis) is 1. The van der Waals surface area contributed by atoms with Crippen LogP contribution in [-0.4, -0.2) is 29.0 Å². The number of nitrogens with one attached hydrogen (secondary N) is 2. The molecule has 2 aromatic heterocycles. The number of pyridine rings is 1. The van der Waals surface area contributed by atoms with Gasteiger partial charge in [-0.25, -0.2) is 4.79 Å². The topological polar surface area (TPSA) is 97.4 Å². The standard InChI is InChI=1S/C17H17N3O4S/c1-11(2)24-17(23)20-15(22)13-7-10-25-16(13)19-14(21)4-3-12-5-8-18-9-6-12/h3-11H,1-2H3,(H,19,21)(H,20,22,23)/b4-3+. The Morgan fingerprint density at radius 1 is 1.20 bits per heavy atom. The first-order valence-corrected chi connectivity index (χ1v) is 8.32. The zero-order valence-electron chi connectivity index (χ0n) is 13.7.